The fourth-order valence-corrected chi connectivity index (χ4v) is 1.32. The number of Topliss-reactive ketones (excluding diaryl/α,β-unsaturated/α-hetero) is 1. The molecule has 1 rings (SSSR count). The van der Waals surface area contributed by atoms with Crippen LogP contribution in [0, 0.1) is 6.07 Å². The second-order valence-corrected chi connectivity index (χ2v) is 2.89. The smallest absolute Gasteiger partial charge is 0.135 e. The third kappa shape index (κ3) is 1.98. The van der Waals surface area contributed by atoms with E-state index in [0.717, 1.165) is 4.88 Å². The molecule has 0 aromatic carbocycles. The SMILES string of the molecule is CC(=O)Cc1c[c]cs1. The molecule has 1 aromatic heterocycles. The third-order valence-corrected chi connectivity index (χ3v) is 1.76. The Morgan fingerprint density at radius 2 is 2.67 bits per heavy atom. The standard InChI is InChI=1S/C7H7OS/c1-6(8)5-7-3-2-4-9-7/h3-4H,5H2,1H3. The van der Waals surface area contributed by atoms with Crippen LogP contribution in [0.5, 0.6) is 0 Å². The molecule has 0 N–H and O–H groups in total. The van der Waals surface area contributed by atoms with Crippen molar-refractivity contribution < 1.29 is 4.79 Å². The summed E-state index contributed by atoms with van der Waals surface area (Å²) in [5.41, 5.74) is 0. The molecular formula is C7H7OS. The summed E-state index contributed by atoms with van der Waals surface area (Å²) in [6, 6.07) is 4.75. The summed E-state index contributed by atoms with van der Waals surface area (Å²) in [5.74, 6) is 0.214. The van der Waals surface area contributed by atoms with E-state index in [4.69, 9.17) is 0 Å². The van der Waals surface area contributed by atoms with Gasteiger partial charge in [-0.15, -0.1) is 11.3 Å². The van der Waals surface area contributed by atoms with Gasteiger partial charge in [-0.1, -0.05) is 0 Å². The van der Waals surface area contributed by atoms with Gasteiger partial charge in [0.05, 0.1) is 0 Å². The molecule has 0 amide bonds. The van der Waals surface area contributed by atoms with E-state index in [0.29, 0.717) is 6.42 Å². The maximum atomic E-state index is 10.5. The minimum absolute atomic E-state index is 0.214. The lowest BCUT2D eigenvalue weighted by Crippen LogP contribution is -1.92. The molecule has 0 fully saturated rings. The predicted octanol–water partition coefficient (Wildman–Crippen LogP) is 1.68. The van der Waals surface area contributed by atoms with Crippen molar-refractivity contribution in [1.29, 1.82) is 0 Å². The van der Waals surface area contributed by atoms with Gasteiger partial charge in [-0.3, -0.25) is 4.79 Å². The van der Waals surface area contributed by atoms with Gasteiger partial charge in [-0.2, -0.15) is 0 Å². The van der Waals surface area contributed by atoms with E-state index in [9.17, 15) is 4.79 Å². The molecule has 0 unspecified atom stereocenters. The molecule has 1 heterocycles. The lowest BCUT2D eigenvalue weighted by molar-refractivity contribution is -0.116. The van der Waals surface area contributed by atoms with Gasteiger partial charge in [0.1, 0.15) is 5.78 Å². The van der Waals surface area contributed by atoms with Crippen LogP contribution in [0.2, 0.25) is 0 Å². The molecular weight excluding hydrogens is 132 g/mol. The lowest BCUT2D eigenvalue weighted by atomic mass is 10.3. The molecule has 0 bridgehead atoms. The highest BCUT2D eigenvalue weighted by molar-refractivity contribution is 7.10. The van der Waals surface area contributed by atoms with E-state index >= 15 is 0 Å². The normalized spacial score (nSPS) is 9.44. The van der Waals surface area contributed by atoms with E-state index in [2.05, 4.69) is 6.07 Å². The first-order valence-electron chi connectivity index (χ1n) is 2.72. The van der Waals surface area contributed by atoms with Crippen molar-refractivity contribution in [3.8, 4) is 0 Å². The van der Waals surface area contributed by atoms with Crippen LogP contribution in [0.25, 0.3) is 0 Å². The van der Waals surface area contributed by atoms with Crippen molar-refractivity contribution in [1.82, 2.24) is 0 Å². The van der Waals surface area contributed by atoms with Gasteiger partial charge in [0, 0.05) is 11.3 Å². The first-order valence-corrected chi connectivity index (χ1v) is 3.60. The van der Waals surface area contributed by atoms with Gasteiger partial charge in [-0.05, 0) is 24.4 Å². The van der Waals surface area contributed by atoms with Crippen LogP contribution in [0.3, 0.4) is 0 Å². The van der Waals surface area contributed by atoms with Gasteiger partial charge in [0.2, 0.25) is 0 Å². The largest absolute Gasteiger partial charge is 0.300 e. The molecule has 1 nitrogen and oxygen atoms in total. The second kappa shape index (κ2) is 2.78. The van der Waals surface area contributed by atoms with Crippen molar-refractivity contribution in [2.75, 3.05) is 0 Å². The fourth-order valence-electron chi connectivity index (χ4n) is 0.609. The Labute approximate surface area is 58.3 Å². The fraction of sp³-hybridized carbons (Fsp3) is 0.286. The van der Waals surface area contributed by atoms with Gasteiger partial charge >= 0.3 is 0 Å². The molecule has 1 radical (unpaired) electrons. The highest BCUT2D eigenvalue weighted by atomic mass is 32.1. The number of carbonyl (C=O) groups is 1. The van der Waals surface area contributed by atoms with Crippen molar-refractivity contribution in [2.45, 2.75) is 13.3 Å². The van der Waals surface area contributed by atoms with Crippen LogP contribution in [0.1, 0.15) is 11.8 Å². The highest BCUT2D eigenvalue weighted by Crippen LogP contribution is 2.07. The Kier molecular flexibility index (Phi) is 2.01. The molecule has 0 atom stereocenters. The van der Waals surface area contributed by atoms with E-state index in [1.165, 1.54) is 0 Å². The molecule has 0 saturated heterocycles. The van der Waals surface area contributed by atoms with Gasteiger partial charge < -0.3 is 0 Å². The minimum atomic E-state index is 0.214. The lowest BCUT2D eigenvalue weighted by Gasteiger charge is -1.86. The quantitative estimate of drug-likeness (QED) is 0.609. The number of hydrogen-bond donors (Lipinski definition) is 0. The highest BCUT2D eigenvalue weighted by Gasteiger charge is 1.95. The average Bonchev–Trinajstić information content (AvgIpc) is 2.15. The van der Waals surface area contributed by atoms with Crippen LogP contribution in [0.4, 0.5) is 0 Å². The summed E-state index contributed by atoms with van der Waals surface area (Å²) in [5, 5.41) is 1.86. The van der Waals surface area contributed by atoms with Crippen molar-refractivity contribution in [3.63, 3.8) is 0 Å². The number of thiophene rings is 1. The number of ketones is 1. The van der Waals surface area contributed by atoms with Crippen molar-refractivity contribution in [3.05, 3.63) is 22.4 Å². The topological polar surface area (TPSA) is 17.1 Å². The zero-order valence-electron chi connectivity index (χ0n) is 5.18. The van der Waals surface area contributed by atoms with Crippen LogP contribution >= 0.6 is 11.3 Å². The van der Waals surface area contributed by atoms with E-state index in [1.54, 1.807) is 18.3 Å². The average molecular weight is 139 g/mol. The Morgan fingerprint density at radius 3 is 3.11 bits per heavy atom. The summed E-state index contributed by atoms with van der Waals surface area (Å²) in [6.07, 6.45) is 0.564. The Morgan fingerprint density at radius 1 is 1.89 bits per heavy atom. The Bertz CT molecular complexity index is 189. The van der Waals surface area contributed by atoms with Crippen LogP contribution in [-0.2, 0) is 11.2 Å². The maximum absolute atomic E-state index is 10.5. The summed E-state index contributed by atoms with van der Waals surface area (Å²) in [7, 11) is 0. The summed E-state index contributed by atoms with van der Waals surface area (Å²) in [6.45, 7) is 1.60. The molecule has 0 spiro atoms. The van der Waals surface area contributed by atoms with Crippen molar-refractivity contribution in [2.24, 2.45) is 0 Å². The van der Waals surface area contributed by atoms with Crippen LogP contribution in [0.15, 0.2) is 11.4 Å². The van der Waals surface area contributed by atoms with E-state index in [-0.39, 0.29) is 5.78 Å². The maximum Gasteiger partial charge on any atom is 0.135 e. The minimum Gasteiger partial charge on any atom is -0.300 e. The zero-order valence-corrected chi connectivity index (χ0v) is 5.99. The second-order valence-electron chi connectivity index (χ2n) is 1.89. The van der Waals surface area contributed by atoms with E-state index < -0.39 is 0 Å². The first kappa shape index (κ1) is 6.49. The predicted molar refractivity (Wildman–Crippen MR) is 37.5 cm³/mol. The Balaban J connectivity index is 2.58. The van der Waals surface area contributed by atoms with Gasteiger partial charge in [0.25, 0.3) is 0 Å². The zero-order chi connectivity index (χ0) is 6.69. The monoisotopic (exact) mass is 139 g/mol. The number of hydrogen-bond acceptors (Lipinski definition) is 2. The van der Waals surface area contributed by atoms with Gasteiger partial charge in [0.15, 0.2) is 0 Å². The molecule has 2 heteroatoms. The summed E-state index contributed by atoms with van der Waals surface area (Å²) in [4.78, 5) is 11.6. The summed E-state index contributed by atoms with van der Waals surface area (Å²) >= 11 is 1.57. The summed E-state index contributed by atoms with van der Waals surface area (Å²) < 4.78 is 0. The molecule has 0 saturated carbocycles. The number of rotatable bonds is 2. The molecule has 0 aliphatic heterocycles. The van der Waals surface area contributed by atoms with Gasteiger partial charge in [-0.25, -0.2) is 0 Å². The molecule has 0 aliphatic carbocycles. The molecule has 1 aromatic rings. The molecule has 9 heavy (non-hydrogen) atoms. The van der Waals surface area contributed by atoms with Crippen LogP contribution < -0.4 is 0 Å². The van der Waals surface area contributed by atoms with Crippen molar-refractivity contribution >= 4 is 17.1 Å². The third-order valence-electron chi connectivity index (χ3n) is 0.946. The number of carbonyl (C=O) groups excluding carboxylic acids is 1. The Hall–Kier alpha value is -0.630. The molecule has 47 valence electrons. The first-order chi connectivity index (χ1) is 4.29. The molecule has 0 aliphatic rings. The van der Waals surface area contributed by atoms with E-state index in [1.807, 2.05) is 11.4 Å². The van der Waals surface area contributed by atoms with Crippen LogP contribution in [-0.4, -0.2) is 5.78 Å².